The molecule has 2 aliphatic heterocycles. The van der Waals surface area contributed by atoms with Crippen molar-refractivity contribution in [1.82, 2.24) is 20.2 Å². The number of aromatic nitrogens is 2. The van der Waals surface area contributed by atoms with E-state index in [4.69, 9.17) is 4.74 Å². The predicted molar refractivity (Wildman–Crippen MR) is 78.6 cm³/mol. The maximum absolute atomic E-state index is 5.92. The average Bonchev–Trinajstić information content (AvgIpc) is 2.93. The van der Waals surface area contributed by atoms with Gasteiger partial charge in [0.2, 0.25) is 0 Å². The van der Waals surface area contributed by atoms with E-state index >= 15 is 0 Å². The van der Waals surface area contributed by atoms with Crippen molar-refractivity contribution < 1.29 is 4.74 Å². The highest BCUT2D eigenvalue weighted by atomic mass is 16.5. The largest absolute Gasteiger partial charge is 0.377 e. The summed E-state index contributed by atoms with van der Waals surface area (Å²) in [7, 11) is 0. The second kappa shape index (κ2) is 6.70. The predicted octanol–water partition coefficient (Wildman–Crippen LogP) is 1.31. The molecule has 5 heteroatoms. The van der Waals surface area contributed by atoms with E-state index < -0.39 is 0 Å². The minimum Gasteiger partial charge on any atom is -0.377 e. The molecule has 20 heavy (non-hydrogen) atoms. The number of ether oxygens (including phenoxy) is 1. The molecule has 112 valence electrons. The first kappa shape index (κ1) is 14.0. The lowest BCUT2D eigenvalue weighted by Gasteiger charge is -2.36. The molecule has 1 aromatic rings. The summed E-state index contributed by atoms with van der Waals surface area (Å²) in [6, 6.07) is 0.524. The molecule has 3 heterocycles. The Labute approximate surface area is 121 Å². The van der Waals surface area contributed by atoms with Crippen molar-refractivity contribution in [1.29, 1.82) is 0 Å². The minimum atomic E-state index is 0.438. The third-order valence-electron chi connectivity index (χ3n) is 4.31. The fourth-order valence-electron chi connectivity index (χ4n) is 3.27. The Bertz CT molecular complexity index is 420. The molecule has 0 aromatic carbocycles. The molecular weight excluding hydrogens is 252 g/mol. The number of nitrogens with one attached hydrogen (secondary N) is 2. The Morgan fingerprint density at radius 2 is 2.45 bits per heavy atom. The van der Waals surface area contributed by atoms with Crippen LogP contribution in [0.15, 0.2) is 6.33 Å². The first-order valence-electron chi connectivity index (χ1n) is 7.93. The Balaban J connectivity index is 1.48. The van der Waals surface area contributed by atoms with Crippen LogP contribution >= 0.6 is 0 Å². The molecule has 1 aromatic heterocycles. The van der Waals surface area contributed by atoms with Gasteiger partial charge in [0.05, 0.1) is 23.8 Å². The first-order chi connectivity index (χ1) is 9.85. The number of piperidine rings is 1. The monoisotopic (exact) mass is 278 g/mol. The molecule has 1 fully saturated rings. The number of nitrogens with zero attached hydrogens (tertiary/aromatic N) is 2. The molecule has 2 atom stereocenters. The second-order valence-corrected chi connectivity index (χ2v) is 6.00. The number of likely N-dealkylation sites (tertiary alicyclic amines) is 1. The molecule has 0 amide bonds. The molecule has 0 radical (unpaired) electrons. The van der Waals surface area contributed by atoms with Gasteiger partial charge in [-0.15, -0.1) is 0 Å². The van der Waals surface area contributed by atoms with E-state index in [-0.39, 0.29) is 0 Å². The Kier molecular flexibility index (Phi) is 4.70. The molecule has 0 aliphatic carbocycles. The summed E-state index contributed by atoms with van der Waals surface area (Å²) in [6.45, 7) is 7.40. The zero-order valence-electron chi connectivity index (χ0n) is 12.4. The maximum atomic E-state index is 5.92. The van der Waals surface area contributed by atoms with Crippen LogP contribution in [0.1, 0.15) is 37.6 Å². The Hall–Kier alpha value is -0.910. The quantitative estimate of drug-likeness (QED) is 0.853. The number of hydrogen-bond acceptors (Lipinski definition) is 4. The van der Waals surface area contributed by atoms with Crippen molar-refractivity contribution in [3.05, 3.63) is 17.7 Å². The lowest BCUT2D eigenvalue weighted by molar-refractivity contribution is -0.00247. The fourth-order valence-corrected chi connectivity index (χ4v) is 3.27. The first-order valence-corrected chi connectivity index (χ1v) is 7.93. The van der Waals surface area contributed by atoms with E-state index in [9.17, 15) is 0 Å². The van der Waals surface area contributed by atoms with Gasteiger partial charge < -0.3 is 15.0 Å². The zero-order chi connectivity index (χ0) is 13.8. The summed E-state index contributed by atoms with van der Waals surface area (Å²) in [5.74, 6) is 0. The number of H-pyrrole nitrogens is 1. The zero-order valence-corrected chi connectivity index (χ0v) is 12.4. The molecule has 3 rings (SSSR count). The van der Waals surface area contributed by atoms with E-state index in [1.807, 2.05) is 6.33 Å². The Morgan fingerprint density at radius 1 is 1.50 bits per heavy atom. The van der Waals surface area contributed by atoms with Crippen LogP contribution in [0.5, 0.6) is 0 Å². The van der Waals surface area contributed by atoms with Crippen molar-refractivity contribution in [2.24, 2.45) is 0 Å². The van der Waals surface area contributed by atoms with Crippen LogP contribution in [0.4, 0.5) is 0 Å². The summed E-state index contributed by atoms with van der Waals surface area (Å²) in [6.07, 6.45) is 6.88. The van der Waals surface area contributed by atoms with Gasteiger partial charge in [0, 0.05) is 38.7 Å². The van der Waals surface area contributed by atoms with E-state index in [1.54, 1.807) is 0 Å². The van der Waals surface area contributed by atoms with E-state index in [0.29, 0.717) is 12.1 Å². The third kappa shape index (κ3) is 3.40. The molecule has 2 aliphatic rings. The van der Waals surface area contributed by atoms with Crippen molar-refractivity contribution in [3.8, 4) is 0 Å². The van der Waals surface area contributed by atoms with Crippen molar-refractivity contribution in [2.75, 3.05) is 26.2 Å². The molecule has 0 saturated carbocycles. The summed E-state index contributed by atoms with van der Waals surface area (Å²) < 4.78 is 5.92. The van der Waals surface area contributed by atoms with E-state index in [0.717, 1.165) is 39.1 Å². The van der Waals surface area contributed by atoms with Crippen LogP contribution in [0.25, 0.3) is 0 Å². The van der Waals surface area contributed by atoms with Gasteiger partial charge in [0.1, 0.15) is 0 Å². The molecule has 2 unspecified atom stereocenters. The van der Waals surface area contributed by atoms with Crippen LogP contribution in [0, 0.1) is 0 Å². The van der Waals surface area contributed by atoms with Gasteiger partial charge in [-0.25, -0.2) is 4.98 Å². The van der Waals surface area contributed by atoms with Crippen LogP contribution in [-0.4, -0.2) is 53.3 Å². The summed E-state index contributed by atoms with van der Waals surface area (Å²) in [5.41, 5.74) is 2.49. The van der Waals surface area contributed by atoms with Crippen LogP contribution in [0.2, 0.25) is 0 Å². The van der Waals surface area contributed by atoms with Gasteiger partial charge in [-0.05, 0) is 25.8 Å². The van der Waals surface area contributed by atoms with Gasteiger partial charge in [-0.2, -0.15) is 0 Å². The Morgan fingerprint density at radius 3 is 3.35 bits per heavy atom. The average molecular weight is 278 g/mol. The number of fused-ring (bicyclic) bond motifs is 1. The van der Waals surface area contributed by atoms with Gasteiger partial charge in [0.25, 0.3) is 0 Å². The number of aromatic amines is 1. The number of rotatable bonds is 5. The molecular formula is C15H26N4O. The third-order valence-corrected chi connectivity index (χ3v) is 4.31. The highest BCUT2D eigenvalue weighted by Crippen LogP contribution is 2.17. The second-order valence-electron chi connectivity index (χ2n) is 6.00. The number of imidazole rings is 1. The van der Waals surface area contributed by atoms with Crippen molar-refractivity contribution in [2.45, 2.75) is 51.3 Å². The molecule has 0 spiro atoms. The highest BCUT2D eigenvalue weighted by Gasteiger charge is 2.25. The highest BCUT2D eigenvalue weighted by molar-refractivity contribution is 5.16. The standard InChI is InChI=1S/C15H26N4O/c1-2-6-20-13-4-3-5-19(10-13)9-12-7-14-15(8-16-12)18-11-17-14/h11-13,16H,2-10H2,1H3,(H,17,18). The lowest BCUT2D eigenvalue weighted by atomic mass is 10.0. The van der Waals surface area contributed by atoms with Crippen LogP contribution in [-0.2, 0) is 17.7 Å². The number of hydrogen-bond donors (Lipinski definition) is 2. The molecule has 1 saturated heterocycles. The van der Waals surface area contributed by atoms with Crippen molar-refractivity contribution >= 4 is 0 Å². The minimum absolute atomic E-state index is 0.438. The van der Waals surface area contributed by atoms with Crippen molar-refractivity contribution in [3.63, 3.8) is 0 Å². The van der Waals surface area contributed by atoms with E-state index in [1.165, 1.54) is 30.8 Å². The van der Waals surface area contributed by atoms with Crippen LogP contribution < -0.4 is 5.32 Å². The SMILES string of the molecule is CCCOC1CCCN(CC2Cc3nc[nH]c3CN2)C1. The normalized spacial score (nSPS) is 27.4. The fraction of sp³-hybridized carbons (Fsp3) is 0.800. The molecule has 2 N–H and O–H groups in total. The topological polar surface area (TPSA) is 53.2 Å². The lowest BCUT2D eigenvalue weighted by Crippen LogP contribution is -2.49. The summed E-state index contributed by atoms with van der Waals surface area (Å²) in [5, 5.41) is 3.61. The van der Waals surface area contributed by atoms with Gasteiger partial charge in [0.15, 0.2) is 0 Å². The van der Waals surface area contributed by atoms with Gasteiger partial charge in [-0.3, -0.25) is 4.90 Å². The maximum Gasteiger partial charge on any atom is 0.0925 e. The van der Waals surface area contributed by atoms with E-state index in [2.05, 4.69) is 27.1 Å². The van der Waals surface area contributed by atoms with Gasteiger partial charge in [-0.1, -0.05) is 6.92 Å². The molecule has 0 bridgehead atoms. The summed E-state index contributed by atoms with van der Waals surface area (Å²) >= 11 is 0. The van der Waals surface area contributed by atoms with Gasteiger partial charge >= 0.3 is 0 Å². The smallest absolute Gasteiger partial charge is 0.0925 e. The summed E-state index contributed by atoms with van der Waals surface area (Å²) in [4.78, 5) is 10.2. The van der Waals surface area contributed by atoms with Crippen LogP contribution in [0.3, 0.4) is 0 Å². The molecule has 5 nitrogen and oxygen atoms in total.